The molecule has 0 saturated heterocycles. The van der Waals surface area contributed by atoms with Gasteiger partial charge in [-0.2, -0.15) is 0 Å². The van der Waals surface area contributed by atoms with Crippen LogP contribution in [0.25, 0.3) is 0 Å². The van der Waals surface area contributed by atoms with E-state index in [4.69, 9.17) is 0 Å². The summed E-state index contributed by atoms with van der Waals surface area (Å²) in [4.78, 5) is 69.5. The van der Waals surface area contributed by atoms with Gasteiger partial charge in [-0.15, -0.1) is 0 Å². The van der Waals surface area contributed by atoms with Crippen molar-refractivity contribution in [2.24, 2.45) is 0 Å². The van der Waals surface area contributed by atoms with Gasteiger partial charge < -0.3 is 20.1 Å². The van der Waals surface area contributed by atoms with E-state index in [1.165, 1.54) is 0 Å². The fourth-order valence-corrected chi connectivity index (χ4v) is 3.41. The summed E-state index contributed by atoms with van der Waals surface area (Å²) < 4.78 is 9.22. The number of ether oxygens (including phenoxy) is 2. The number of imide groups is 2. The lowest BCUT2D eigenvalue weighted by Gasteiger charge is -2.12. The van der Waals surface area contributed by atoms with E-state index in [-0.39, 0.29) is 12.1 Å². The van der Waals surface area contributed by atoms with E-state index in [0.717, 1.165) is 51.4 Å². The highest BCUT2D eigenvalue weighted by molar-refractivity contribution is 5.98. The Kier molecular flexibility index (Phi) is 10.1. The molecule has 2 rings (SSSR count). The Morgan fingerprint density at radius 1 is 0.625 bits per heavy atom. The molecule has 0 heterocycles. The third-order valence-corrected chi connectivity index (χ3v) is 4.93. The minimum absolute atomic E-state index is 0.0306. The van der Waals surface area contributed by atoms with E-state index in [0.29, 0.717) is 12.2 Å². The van der Waals surface area contributed by atoms with Gasteiger partial charge in [0.05, 0.1) is 0 Å². The molecule has 2 aliphatic carbocycles. The summed E-state index contributed by atoms with van der Waals surface area (Å²) in [6, 6.07) is -1.26. The molecule has 12 nitrogen and oxygen atoms in total. The molecule has 0 bridgehead atoms. The monoisotopic (exact) mass is 452 g/mol. The van der Waals surface area contributed by atoms with Crippen molar-refractivity contribution in [1.29, 1.82) is 0 Å². The molecule has 176 valence electrons. The smallest absolute Gasteiger partial charge is 0.331 e. The second-order valence-corrected chi connectivity index (χ2v) is 7.55. The van der Waals surface area contributed by atoms with Crippen LogP contribution in [0.3, 0.4) is 0 Å². The number of rotatable bonds is 8. The molecule has 0 aromatic rings. The van der Waals surface area contributed by atoms with Crippen molar-refractivity contribution < 1.29 is 38.2 Å². The van der Waals surface area contributed by atoms with Gasteiger partial charge in [0.15, 0.2) is 13.2 Å². The molecule has 2 fully saturated rings. The SMILES string of the molecule is O=C(COC(=O)C=CC(=O)OCC(=O)NC(=O)NC1CCCC1)NC(=O)NC1CCCC1. The van der Waals surface area contributed by atoms with Gasteiger partial charge in [0.25, 0.3) is 11.8 Å². The zero-order valence-electron chi connectivity index (χ0n) is 17.6. The maximum absolute atomic E-state index is 11.6. The van der Waals surface area contributed by atoms with Crippen LogP contribution in [0.4, 0.5) is 9.59 Å². The number of carbonyl (C=O) groups is 6. The van der Waals surface area contributed by atoms with Gasteiger partial charge in [-0.25, -0.2) is 19.2 Å². The topological polar surface area (TPSA) is 169 Å². The normalized spacial score (nSPS) is 16.4. The van der Waals surface area contributed by atoms with Gasteiger partial charge in [0.1, 0.15) is 0 Å². The highest BCUT2D eigenvalue weighted by Gasteiger charge is 2.19. The van der Waals surface area contributed by atoms with Crippen molar-refractivity contribution in [3.8, 4) is 0 Å². The van der Waals surface area contributed by atoms with E-state index >= 15 is 0 Å². The molecule has 12 heteroatoms. The number of esters is 2. The minimum atomic E-state index is -1.02. The zero-order chi connectivity index (χ0) is 23.3. The van der Waals surface area contributed by atoms with E-state index in [1.54, 1.807) is 0 Å². The zero-order valence-corrected chi connectivity index (χ0v) is 17.6. The molecule has 4 N–H and O–H groups in total. The van der Waals surface area contributed by atoms with Gasteiger partial charge >= 0.3 is 24.0 Å². The standard InChI is InChI=1S/C20H28N4O8/c25-15(23-19(29)21-13-5-1-2-6-13)11-31-17(27)9-10-18(28)32-12-16(26)24-20(30)22-14-7-3-4-8-14/h9-10,13-14H,1-8,11-12H2,(H2,21,23,25,29)(H2,22,24,26,30). The lowest BCUT2D eigenvalue weighted by Crippen LogP contribution is -2.45. The highest BCUT2D eigenvalue weighted by atomic mass is 16.5. The van der Waals surface area contributed by atoms with Gasteiger partial charge in [-0.3, -0.25) is 20.2 Å². The van der Waals surface area contributed by atoms with Gasteiger partial charge in [0.2, 0.25) is 0 Å². The quantitative estimate of drug-likeness (QED) is 0.298. The molecule has 2 aliphatic rings. The van der Waals surface area contributed by atoms with Crippen LogP contribution in [0.2, 0.25) is 0 Å². The first-order valence-corrected chi connectivity index (χ1v) is 10.5. The van der Waals surface area contributed by atoms with Gasteiger partial charge in [-0.05, 0) is 25.7 Å². The van der Waals surface area contributed by atoms with E-state index in [2.05, 4.69) is 20.1 Å². The van der Waals surface area contributed by atoms with Crippen molar-refractivity contribution in [2.75, 3.05) is 13.2 Å². The molecule has 0 aromatic heterocycles. The molecule has 0 radical (unpaired) electrons. The summed E-state index contributed by atoms with van der Waals surface area (Å²) in [6.45, 7) is -1.43. The Morgan fingerprint density at radius 3 is 1.31 bits per heavy atom. The van der Waals surface area contributed by atoms with Crippen LogP contribution in [0.1, 0.15) is 51.4 Å². The average Bonchev–Trinajstić information content (AvgIpc) is 3.43. The average molecular weight is 452 g/mol. The summed E-state index contributed by atoms with van der Waals surface area (Å²) in [7, 11) is 0. The van der Waals surface area contributed by atoms with Gasteiger partial charge in [-0.1, -0.05) is 25.7 Å². The summed E-state index contributed by atoms with van der Waals surface area (Å²) in [5, 5.41) is 9.37. The predicted molar refractivity (Wildman–Crippen MR) is 109 cm³/mol. The highest BCUT2D eigenvalue weighted by Crippen LogP contribution is 2.17. The Labute approximate surface area is 184 Å². The first-order chi connectivity index (χ1) is 15.3. The van der Waals surface area contributed by atoms with Crippen molar-refractivity contribution in [2.45, 2.75) is 63.5 Å². The van der Waals surface area contributed by atoms with Crippen LogP contribution in [-0.4, -0.2) is 61.1 Å². The molecule has 0 aromatic carbocycles. The van der Waals surface area contributed by atoms with E-state index in [9.17, 15) is 28.8 Å². The Hall–Kier alpha value is -3.44. The van der Waals surface area contributed by atoms with Crippen LogP contribution >= 0.6 is 0 Å². The maximum atomic E-state index is 11.6. The Bertz CT molecular complexity index is 693. The second-order valence-electron chi connectivity index (χ2n) is 7.55. The third kappa shape index (κ3) is 10.0. The van der Waals surface area contributed by atoms with Crippen LogP contribution < -0.4 is 21.3 Å². The summed E-state index contributed by atoms with van der Waals surface area (Å²) >= 11 is 0. The summed E-state index contributed by atoms with van der Waals surface area (Å²) in [5.41, 5.74) is 0. The fraction of sp³-hybridized carbons (Fsp3) is 0.600. The van der Waals surface area contributed by atoms with Crippen molar-refractivity contribution in [1.82, 2.24) is 21.3 Å². The second kappa shape index (κ2) is 13.1. The molecule has 32 heavy (non-hydrogen) atoms. The van der Waals surface area contributed by atoms with Gasteiger partial charge in [0, 0.05) is 24.2 Å². The molecule has 0 spiro atoms. The van der Waals surface area contributed by atoms with E-state index in [1.807, 2.05) is 10.6 Å². The molecule has 6 amide bonds. The molecular formula is C20H28N4O8. The first kappa shape index (κ1) is 24.8. The number of hydrogen-bond acceptors (Lipinski definition) is 8. The maximum Gasteiger partial charge on any atom is 0.331 e. The number of hydrogen-bond donors (Lipinski definition) is 4. The third-order valence-electron chi connectivity index (χ3n) is 4.93. The van der Waals surface area contributed by atoms with Crippen LogP contribution in [0.5, 0.6) is 0 Å². The summed E-state index contributed by atoms with van der Waals surface area (Å²) in [5.74, 6) is -3.68. The van der Waals surface area contributed by atoms with Crippen LogP contribution in [0.15, 0.2) is 12.2 Å². The van der Waals surface area contributed by atoms with Crippen LogP contribution in [0, 0.1) is 0 Å². The molecule has 0 atom stereocenters. The fourth-order valence-electron chi connectivity index (χ4n) is 3.41. The van der Waals surface area contributed by atoms with E-state index < -0.39 is 49.0 Å². The minimum Gasteiger partial charge on any atom is -0.452 e. The number of nitrogens with one attached hydrogen (secondary N) is 4. The Morgan fingerprint density at radius 2 is 0.969 bits per heavy atom. The largest absolute Gasteiger partial charge is 0.452 e. The molecule has 2 saturated carbocycles. The lowest BCUT2D eigenvalue weighted by atomic mass is 10.2. The van der Waals surface area contributed by atoms with Crippen molar-refractivity contribution >= 4 is 35.8 Å². The number of carbonyl (C=O) groups excluding carboxylic acids is 6. The van der Waals surface area contributed by atoms with Crippen LogP contribution in [-0.2, 0) is 28.7 Å². The molecule has 0 unspecified atom stereocenters. The lowest BCUT2D eigenvalue weighted by molar-refractivity contribution is -0.145. The number of amides is 6. The molecular weight excluding hydrogens is 424 g/mol. The Balaban J connectivity index is 1.56. The van der Waals surface area contributed by atoms with Crippen molar-refractivity contribution in [3.05, 3.63) is 12.2 Å². The number of urea groups is 2. The van der Waals surface area contributed by atoms with Crippen molar-refractivity contribution in [3.63, 3.8) is 0 Å². The first-order valence-electron chi connectivity index (χ1n) is 10.5. The molecule has 0 aliphatic heterocycles. The predicted octanol–water partition coefficient (Wildman–Crippen LogP) is 0.166. The summed E-state index contributed by atoms with van der Waals surface area (Å²) in [6.07, 6.45) is 8.91.